The molecule has 0 aliphatic carbocycles. The molecule has 140 valence electrons. The van der Waals surface area contributed by atoms with Crippen molar-refractivity contribution in [2.24, 2.45) is 7.05 Å². The van der Waals surface area contributed by atoms with Gasteiger partial charge in [-0.15, -0.1) is 0 Å². The van der Waals surface area contributed by atoms with Gasteiger partial charge in [0.2, 0.25) is 0 Å². The number of carbonyl (C=O) groups is 1. The van der Waals surface area contributed by atoms with Crippen molar-refractivity contribution in [3.63, 3.8) is 0 Å². The van der Waals surface area contributed by atoms with E-state index in [1.54, 1.807) is 6.20 Å². The van der Waals surface area contributed by atoms with Crippen LogP contribution in [0.3, 0.4) is 0 Å². The summed E-state index contributed by atoms with van der Waals surface area (Å²) in [4.78, 5) is 20.2. The molecule has 6 nitrogen and oxygen atoms in total. The molecule has 0 radical (unpaired) electrons. The Labute approximate surface area is 162 Å². The van der Waals surface area contributed by atoms with Gasteiger partial charge in [0.15, 0.2) is 0 Å². The number of nitrogens with zero attached hydrogens (tertiary/aromatic N) is 4. The topological polar surface area (TPSA) is 66.8 Å². The summed E-state index contributed by atoms with van der Waals surface area (Å²) < 4.78 is 1.93. The smallest absolute Gasteiger partial charge is 0.256 e. The van der Waals surface area contributed by atoms with Crippen LogP contribution in [0, 0.1) is 0 Å². The van der Waals surface area contributed by atoms with Gasteiger partial charge < -0.3 is 9.47 Å². The van der Waals surface area contributed by atoms with Gasteiger partial charge in [0.1, 0.15) is 5.65 Å². The van der Waals surface area contributed by atoms with Gasteiger partial charge in [-0.1, -0.05) is 30.3 Å². The molecule has 1 N–H and O–H groups in total. The molecule has 1 aliphatic rings. The third kappa shape index (κ3) is 2.69. The van der Waals surface area contributed by atoms with Crippen molar-refractivity contribution in [2.45, 2.75) is 18.9 Å². The number of pyridine rings is 1. The summed E-state index contributed by atoms with van der Waals surface area (Å²) in [6.45, 7) is 0.787. The normalized spacial score (nSPS) is 16.8. The second-order valence-electron chi connectivity index (χ2n) is 7.28. The predicted molar refractivity (Wildman–Crippen MR) is 108 cm³/mol. The fourth-order valence-electron chi connectivity index (χ4n) is 4.16. The average molecular weight is 371 g/mol. The minimum absolute atomic E-state index is 0.0785. The Morgan fingerprint density at radius 3 is 2.82 bits per heavy atom. The summed E-state index contributed by atoms with van der Waals surface area (Å²) in [5.41, 5.74) is 4.49. The van der Waals surface area contributed by atoms with Gasteiger partial charge in [-0.25, -0.2) is 4.98 Å². The molecule has 0 unspecified atom stereocenters. The van der Waals surface area contributed by atoms with Gasteiger partial charge >= 0.3 is 0 Å². The Bertz CT molecular complexity index is 1130. The van der Waals surface area contributed by atoms with Crippen molar-refractivity contribution >= 4 is 16.9 Å². The highest BCUT2D eigenvalue weighted by molar-refractivity contribution is 6.06. The number of hydrogen-bond donors (Lipinski definition) is 1. The molecule has 0 spiro atoms. The van der Waals surface area contributed by atoms with E-state index in [1.165, 1.54) is 5.56 Å². The number of amides is 1. The van der Waals surface area contributed by atoms with Crippen LogP contribution in [-0.2, 0) is 7.05 Å². The van der Waals surface area contributed by atoms with E-state index in [0.717, 1.165) is 41.7 Å². The summed E-state index contributed by atoms with van der Waals surface area (Å²) in [7, 11) is 1.93. The second-order valence-corrected chi connectivity index (χ2v) is 7.28. The van der Waals surface area contributed by atoms with Gasteiger partial charge in [-0.3, -0.25) is 9.89 Å². The molecule has 5 rings (SSSR count). The summed E-state index contributed by atoms with van der Waals surface area (Å²) in [5, 5.41) is 7.69. The van der Waals surface area contributed by atoms with Crippen molar-refractivity contribution in [3.8, 4) is 11.3 Å². The lowest BCUT2D eigenvalue weighted by atomic mass is 10.0. The number of rotatable bonds is 3. The van der Waals surface area contributed by atoms with Crippen LogP contribution in [0.5, 0.6) is 0 Å². The fourth-order valence-corrected chi connectivity index (χ4v) is 4.16. The number of aromatic nitrogens is 4. The van der Waals surface area contributed by atoms with E-state index < -0.39 is 0 Å². The molecular formula is C22H21N5O. The van der Waals surface area contributed by atoms with E-state index in [9.17, 15) is 4.79 Å². The molecule has 3 aromatic heterocycles. The maximum absolute atomic E-state index is 13.4. The van der Waals surface area contributed by atoms with Gasteiger partial charge in [-0.2, -0.15) is 5.10 Å². The standard InChI is InChI=1S/C22H21N5O/c1-26-14-18(17-9-10-19(25-21(17)26)16-12-23-24-13-16)22(28)27-11-5-8-20(27)15-6-3-2-4-7-15/h2-4,6-7,9-10,12-14,20H,5,8,11H2,1H3,(H,23,24)/t20-/m1/s1. The van der Waals surface area contributed by atoms with Crippen LogP contribution in [0.2, 0.25) is 0 Å². The van der Waals surface area contributed by atoms with Crippen molar-refractivity contribution in [1.29, 1.82) is 0 Å². The zero-order chi connectivity index (χ0) is 19.1. The first-order valence-corrected chi connectivity index (χ1v) is 9.53. The van der Waals surface area contributed by atoms with E-state index in [0.29, 0.717) is 5.56 Å². The van der Waals surface area contributed by atoms with E-state index in [4.69, 9.17) is 4.98 Å². The summed E-state index contributed by atoms with van der Waals surface area (Å²) in [6, 6.07) is 14.4. The van der Waals surface area contributed by atoms with Crippen molar-refractivity contribution in [2.75, 3.05) is 6.54 Å². The molecule has 1 atom stereocenters. The number of nitrogens with one attached hydrogen (secondary N) is 1. The first-order chi connectivity index (χ1) is 13.7. The fraction of sp³-hybridized carbons (Fsp3) is 0.227. The Balaban J connectivity index is 1.53. The first-order valence-electron chi connectivity index (χ1n) is 9.53. The van der Waals surface area contributed by atoms with Crippen molar-refractivity contribution < 1.29 is 4.79 Å². The van der Waals surface area contributed by atoms with Crippen LogP contribution in [0.25, 0.3) is 22.3 Å². The van der Waals surface area contributed by atoms with Crippen LogP contribution in [0.15, 0.2) is 61.1 Å². The number of fused-ring (bicyclic) bond motifs is 1. The summed E-state index contributed by atoms with van der Waals surface area (Å²) in [6.07, 6.45) is 7.50. The number of benzene rings is 1. The Hall–Kier alpha value is -3.41. The SMILES string of the molecule is Cn1cc(C(=O)N2CCC[C@@H]2c2ccccc2)c2ccc(-c3cn[nH]c3)nc21. The van der Waals surface area contributed by atoms with Gasteiger partial charge in [0.25, 0.3) is 5.91 Å². The average Bonchev–Trinajstić information content (AvgIpc) is 3.48. The number of hydrogen-bond acceptors (Lipinski definition) is 3. The van der Waals surface area contributed by atoms with Gasteiger partial charge in [0, 0.05) is 36.9 Å². The van der Waals surface area contributed by atoms with Crippen LogP contribution in [0.1, 0.15) is 34.8 Å². The Morgan fingerprint density at radius 1 is 1.18 bits per heavy atom. The third-order valence-electron chi connectivity index (χ3n) is 5.54. The van der Waals surface area contributed by atoms with Gasteiger partial charge in [0.05, 0.1) is 23.5 Å². The van der Waals surface area contributed by atoms with E-state index in [2.05, 4.69) is 22.3 Å². The Morgan fingerprint density at radius 2 is 2.04 bits per heavy atom. The van der Waals surface area contributed by atoms with Crippen LogP contribution < -0.4 is 0 Å². The minimum atomic E-state index is 0.0785. The number of likely N-dealkylation sites (tertiary alicyclic amines) is 1. The summed E-state index contributed by atoms with van der Waals surface area (Å²) >= 11 is 0. The maximum Gasteiger partial charge on any atom is 0.256 e. The maximum atomic E-state index is 13.4. The van der Waals surface area contributed by atoms with Crippen LogP contribution in [-0.4, -0.2) is 37.1 Å². The molecular weight excluding hydrogens is 350 g/mol. The number of aromatic amines is 1. The zero-order valence-corrected chi connectivity index (χ0v) is 15.7. The number of carbonyl (C=O) groups excluding carboxylic acids is 1. The molecule has 1 saturated heterocycles. The lowest BCUT2D eigenvalue weighted by Gasteiger charge is -2.25. The number of aryl methyl sites for hydroxylation is 1. The van der Waals surface area contributed by atoms with Crippen molar-refractivity contribution in [1.82, 2.24) is 24.6 Å². The molecule has 1 fully saturated rings. The van der Waals surface area contributed by atoms with E-state index in [1.807, 2.05) is 59.2 Å². The van der Waals surface area contributed by atoms with Crippen LogP contribution >= 0.6 is 0 Å². The molecule has 4 aromatic rings. The highest BCUT2D eigenvalue weighted by Crippen LogP contribution is 2.34. The molecule has 0 saturated carbocycles. The van der Waals surface area contributed by atoms with Gasteiger partial charge in [-0.05, 0) is 30.5 Å². The lowest BCUT2D eigenvalue weighted by molar-refractivity contribution is 0.0737. The first kappa shape index (κ1) is 16.7. The second kappa shape index (κ2) is 6.64. The molecule has 0 bridgehead atoms. The monoisotopic (exact) mass is 371 g/mol. The molecule has 28 heavy (non-hydrogen) atoms. The molecule has 1 aliphatic heterocycles. The third-order valence-corrected chi connectivity index (χ3v) is 5.54. The summed E-state index contributed by atoms with van der Waals surface area (Å²) in [5.74, 6) is 0.0785. The molecule has 4 heterocycles. The highest BCUT2D eigenvalue weighted by Gasteiger charge is 2.32. The zero-order valence-electron chi connectivity index (χ0n) is 15.7. The predicted octanol–water partition coefficient (Wildman–Crippen LogP) is 3.94. The highest BCUT2D eigenvalue weighted by atomic mass is 16.2. The van der Waals surface area contributed by atoms with E-state index in [-0.39, 0.29) is 11.9 Å². The molecule has 1 aromatic carbocycles. The lowest BCUT2D eigenvalue weighted by Crippen LogP contribution is -2.30. The minimum Gasteiger partial charge on any atom is -0.335 e. The quantitative estimate of drug-likeness (QED) is 0.593. The number of H-pyrrole nitrogens is 1. The molecule has 6 heteroatoms. The van der Waals surface area contributed by atoms with E-state index >= 15 is 0 Å². The van der Waals surface area contributed by atoms with Crippen LogP contribution in [0.4, 0.5) is 0 Å². The van der Waals surface area contributed by atoms with Crippen molar-refractivity contribution in [3.05, 3.63) is 72.2 Å². The largest absolute Gasteiger partial charge is 0.335 e. The molecule has 1 amide bonds. The Kier molecular flexibility index (Phi) is 3.97.